The van der Waals surface area contributed by atoms with Crippen LogP contribution in [0, 0.1) is 0 Å². The van der Waals surface area contributed by atoms with Crippen molar-refractivity contribution in [1.29, 1.82) is 0 Å². The molecule has 0 bridgehead atoms. The highest BCUT2D eigenvalue weighted by molar-refractivity contribution is 6.11. The van der Waals surface area contributed by atoms with Gasteiger partial charge in [0.15, 0.2) is 5.78 Å². The predicted octanol–water partition coefficient (Wildman–Crippen LogP) is 4.30. The fourth-order valence-corrected chi connectivity index (χ4v) is 4.19. The number of nitrogens with two attached hydrogens (primary N) is 1. The second kappa shape index (κ2) is 9.33. The summed E-state index contributed by atoms with van der Waals surface area (Å²) in [6, 6.07) is 19.2. The van der Waals surface area contributed by atoms with Crippen molar-refractivity contribution >= 4 is 22.5 Å². The van der Waals surface area contributed by atoms with Gasteiger partial charge in [0.25, 0.3) is 0 Å². The van der Waals surface area contributed by atoms with Gasteiger partial charge in [-0.05, 0) is 35.2 Å². The minimum absolute atomic E-state index is 0.0296. The molecule has 2 aromatic carbocycles. The van der Waals surface area contributed by atoms with Crippen molar-refractivity contribution < 1.29 is 4.79 Å². The van der Waals surface area contributed by atoms with Crippen LogP contribution in [-0.2, 0) is 13.5 Å². The number of nitrogens with one attached hydrogen (secondary N) is 2. The van der Waals surface area contributed by atoms with Gasteiger partial charge in [-0.25, -0.2) is 4.98 Å². The van der Waals surface area contributed by atoms with Crippen molar-refractivity contribution in [1.82, 2.24) is 25.1 Å². The fourth-order valence-electron chi connectivity index (χ4n) is 4.19. The monoisotopic (exact) mass is 450 g/mol. The number of aryl methyl sites for hydroxylation is 1. The fraction of sp³-hybridized carbons (Fsp3) is 0.148. The van der Waals surface area contributed by atoms with Gasteiger partial charge in [0.2, 0.25) is 0 Å². The lowest BCUT2D eigenvalue weighted by Crippen LogP contribution is -2.30. The van der Waals surface area contributed by atoms with Crippen LogP contribution in [0.4, 0.5) is 5.82 Å². The molecule has 0 fully saturated rings. The number of ketones is 1. The normalized spacial score (nSPS) is 12.1. The maximum Gasteiger partial charge on any atom is 0.186 e. The smallest absolute Gasteiger partial charge is 0.186 e. The summed E-state index contributed by atoms with van der Waals surface area (Å²) in [5.74, 6) is 0.530. The zero-order chi connectivity index (χ0) is 23.5. The first-order chi connectivity index (χ1) is 16.6. The first kappa shape index (κ1) is 21.6. The van der Waals surface area contributed by atoms with Gasteiger partial charge in [0.05, 0.1) is 12.2 Å². The molecular weight excluding hydrogens is 424 g/mol. The van der Waals surface area contributed by atoms with E-state index in [1.54, 1.807) is 16.9 Å². The Morgan fingerprint density at radius 3 is 2.68 bits per heavy atom. The number of aromatic amines is 1. The van der Waals surface area contributed by atoms with E-state index in [0.717, 1.165) is 39.6 Å². The summed E-state index contributed by atoms with van der Waals surface area (Å²) in [6.45, 7) is 0.629. The second-order valence-corrected chi connectivity index (χ2v) is 8.37. The number of nitrogens with zero attached hydrogens (tertiary/aromatic N) is 3. The second-order valence-electron chi connectivity index (χ2n) is 8.37. The van der Waals surface area contributed by atoms with Crippen LogP contribution in [-0.4, -0.2) is 32.1 Å². The molecule has 7 nitrogen and oxygen atoms in total. The van der Waals surface area contributed by atoms with Crippen molar-refractivity contribution in [3.05, 3.63) is 102 Å². The molecule has 7 heteroatoms. The Morgan fingerprint density at radius 1 is 1.09 bits per heavy atom. The molecule has 0 unspecified atom stereocenters. The van der Waals surface area contributed by atoms with E-state index in [-0.39, 0.29) is 5.78 Å². The molecule has 1 atom stereocenters. The van der Waals surface area contributed by atoms with Gasteiger partial charge in [-0.15, -0.1) is 0 Å². The molecule has 0 aliphatic heterocycles. The minimum Gasteiger partial charge on any atom is -0.384 e. The number of pyridine rings is 1. The standard InChI is InChI=1S/C27H26N6O/c1-33-17-21(15-32-33)20-8-9-22-23(16-30-24(22)13-20)27(34)26(19-5-3-2-4-6-19)29-12-11-18-7-10-25(28)31-14-18/h2-10,13-17,26,29-30H,11-12H2,1H3,(H2,28,31)/t26-/m1/s1. The lowest BCUT2D eigenvalue weighted by molar-refractivity contribution is 0.0945. The molecule has 0 saturated carbocycles. The van der Waals surface area contributed by atoms with E-state index >= 15 is 0 Å². The average molecular weight is 451 g/mol. The molecule has 5 aromatic rings. The summed E-state index contributed by atoms with van der Waals surface area (Å²) in [7, 11) is 1.90. The molecule has 0 aliphatic carbocycles. The third kappa shape index (κ3) is 4.46. The van der Waals surface area contributed by atoms with Gasteiger partial charge in [0.1, 0.15) is 5.82 Å². The zero-order valence-corrected chi connectivity index (χ0v) is 18.9. The molecule has 4 N–H and O–H groups in total. The van der Waals surface area contributed by atoms with Gasteiger partial charge >= 0.3 is 0 Å². The molecule has 5 rings (SSSR count). The van der Waals surface area contributed by atoms with Crippen LogP contribution >= 0.6 is 0 Å². The number of carbonyl (C=O) groups excluding carboxylic acids is 1. The molecule has 0 radical (unpaired) electrons. The van der Waals surface area contributed by atoms with E-state index in [2.05, 4.69) is 26.4 Å². The average Bonchev–Trinajstić information content (AvgIpc) is 3.49. The summed E-state index contributed by atoms with van der Waals surface area (Å²) >= 11 is 0. The van der Waals surface area contributed by atoms with E-state index < -0.39 is 6.04 Å². The third-order valence-electron chi connectivity index (χ3n) is 5.99. The van der Waals surface area contributed by atoms with Crippen molar-refractivity contribution in [2.45, 2.75) is 12.5 Å². The van der Waals surface area contributed by atoms with Gasteiger partial charge in [-0.1, -0.05) is 48.5 Å². The number of rotatable bonds is 8. The first-order valence-electron chi connectivity index (χ1n) is 11.2. The maximum atomic E-state index is 13.7. The number of Topliss-reactive ketones (excluding diaryl/α,β-unsaturated/α-hetero) is 1. The summed E-state index contributed by atoms with van der Waals surface area (Å²) in [5, 5.41) is 8.62. The van der Waals surface area contributed by atoms with E-state index in [4.69, 9.17) is 5.73 Å². The Kier molecular flexibility index (Phi) is 5.93. The van der Waals surface area contributed by atoms with Crippen LogP contribution in [0.2, 0.25) is 0 Å². The summed E-state index contributed by atoms with van der Waals surface area (Å²) in [5.41, 5.74) is 11.4. The summed E-state index contributed by atoms with van der Waals surface area (Å²) in [4.78, 5) is 21.2. The number of anilines is 1. The SMILES string of the molecule is Cn1cc(-c2ccc3c(C(=O)[C@H](NCCc4ccc(N)nc4)c4ccccc4)c[nH]c3c2)cn1. The maximum absolute atomic E-state index is 13.7. The number of H-pyrrole nitrogens is 1. The van der Waals surface area contributed by atoms with Crippen LogP contribution in [0.3, 0.4) is 0 Å². The van der Waals surface area contributed by atoms with Crippen molar-refractivity contribution in [2.24, 2.45) is 7.05 Å². The Morgan fingerprint density at radius 2 is 1.94 bits per heavy atom. The van der Waals surface area contributed by atoms with Gasteiger partial charge < -0.3 is 16.0 Å². The molecular formula is C27H26N6O. The Balaban J connectivity index is 1.40. The highest BCUT2D eigenvalue weighted by Gasteiger charge is 2.24. The molecule has 3 heterocycles. The summed E-state index contributed by atoms with van der Waals surface area (Å²) in [6.07, 6.45) is 8.13. The van der Waals surface area contributed by atoms with Gasteiger partial charge in [-0.2, -0.15) is 5.10 Å². The van der Waals surface area contributed by atoms with Crippen molar-refractivity contribution in [3.8, 4) is 11.1 Å². The number of nitrogen functional groups attached to an aromatic ring is 1. The molecule has 0 amide bonds. The van der Waals surface area contributed by atoms with Gasteiger partial charge in [-0.3, -0.25) is 9.48 Å². The number of benzene rings is 2. The van der Waals surface area contributed by atoms with Crippen LogP contribution in [0.5, 0.6) is 0 Å². The Bertz CT molecular complexity index is 1420. The number of hydrogen-bond acceptors (Lipinski definition) is 5. The largest absolute Gasteiger partial charge is 0.384 e. The number of aromatic nitrogens is 4. The lowest BCUT2D eigenvalue weighted by atomic mass is 9.96. The highest BCUT2D eigenvalue weighted by atomic mass is 16.1. The molecule has 3 aromatic heterocycles. The van der Waals surface area contributed by atoms with Crippen LogP contribution in [0.15, 0.2) is 85.5 Å². The molecule has 0 aliphatic rings. The van der Waals surface area contributed by atoms with E-state index in [9.17, 15) is 4.79 Å². The van der Waals surface area contributed by atoms with Crippen LogP contribution in [0.25, 0.3) is 22.0 Å². The van der Waals surface area contributed by atoms with E-state index in [1.165, 1.54) is 0 Å². The van der Waals surface area contributed by atoms with Crippen LogP contribution in [0.1, 0.15) is 27.5 Å². The zero-order valence-electron chi connectivity index (χ0n) is 18.9. The molecule has 0 spiro atoms. The number of carbonyl (C=O) groups is 1. The molecule has 34 heavy (non-hydrogen) atoms. The van der Waals surface area contributed by atoms with E-state index in [0.29, 0.717) is 17.9 Å². The first-order valence-corrected chi connectivity index (χ1v) is 11.2. The molecule has 0 saturated heterocycles. The van der Waals surface area contributed by atoms with E-state index in [1.807, 2.05) is 74.2 Å². The predicted molar refractivity (Wildman–Crippen MR) is 134 cm³/mol. The van der Waals surface area contributed by atoms with Gasteiger partial charge in [0, 0.05) is 54.2 Å². The number of hydrogen-bond donors (Lipinski definition) is 3. The Hall–Kier alpha value is -4.23. The molecule has 170 valence electrons. The topological polar surface area (TPSA) is 102 Å². The third-order valence-corrected chi connectivity index (χ3v) is 5.99. The minimum atomic E-state index is -0.458. The summed E-state index contributed by atoms with van der Waals surface area (Å²) < 4.78 is 1.78. The van der Waals surface area contributed by atoms with Crippen molar-refractivity contribution in [3.63, 3.8) is 0 Å². The number of fused-ring (bicyclic) bond motifs is 1. The Labute approximate surface area is 197 Å². The highest BCUT2D eigenvalue weighted by Crippen LogP contribution is 2.28. The van der Waals surface area contributed by atoms with Crippen molar-refractivity contribution in [2.75, 3.05) is 12.3 Å². The quantitative estimate of drug-likeness (QED) is 0.306. The lowest BCUT2D eigenvalue weighted by Gasteiger charge is -2.18. The van der Waals surface area contributed by atoms with Crippen LogP contribution < -0.4 is 11.1 Å².